The molecule has 162 valence electrons. The second-order valence-electron chi connectivity index (χ2n) is 8.36. The van der Waals surface area contributed by atoms with Gasteiger partial charge in [0.25, 0.3) is 0 Å². The van der Waals surface area contributed by atoms with Crippen LogP contribution in [0.4, 0.5) is 5.69 Å². The van der Waals surface area contributed by atoms with Gasteiger partial charge >= 0.3 is 0 Å². The number of anilines is 1. The van der Waals surface area contributed by atoms with Crippen molar-refractivity contribution in [3.8, 4) is 28.3 Å². The molecule has 0 amide bonds. The lowest BCUT2D eigenvalue weighted by Crippen LogP contribution is -2.08. The summed E-state index contributed by atoms with van der Waals surface area (Å²) in [5.74, 6) is 0. The first-order valence-electron chi connectivity index (χ1n) is 10.7. The first kappa shape index (κ1) is 19.2. The first-order valence-corrected chi connectivity index (χ1v) is 10.7. The first-order chi connectivity index (χ1) is 16.1. The number of aromatic amines is 2. The van der Waals surface area contributed by atoms with Gasteiger partial charge in [0.2, 0.25) is 0 Å². The van der Waals surface area contributed by atoms with Gasteiger partial charge in [0.1, 0.15) is 5.69 Å². The number of nitrogens with zero attached hydrogens (tertiary/aromatic N) is 6. The van der Waals surface area contributed by atoms with Gasteiger partial charge in [-0.15, -0.1) is 0 Å². The van der Waals surface area contributed by atoms with E-state index < -0.39 is 0 Å². The smallest absolute Gasteiger partial charge is 0.116 e. The lowest BCUT2D eigenvalue weighted by molar-refractivity contribution is 1.07. The highest BCUT2D eigenvalue weighted by Crippen LogP contribution is 2.33. The molecule has 0 aliphatic rings. The molecule has 8 heteroatoms. The molecule has 1 aromatic carbocycles. The summed E-state index contributed by atoms with van der Waals surface area (Å²) in [6, 6.07) is 12.5. The number of fused-ring (bicyclic) bond motifs is 2. The zero-order valence-electron chi connectivity index (χ0n) is 18.5. The number of rotatable bonds is 4. The Labute approximate surface area is 190 Å². The fraction of sp³-hybridized carbons (Fsp3) is 0.120. The van der Waals surface area contributed by atoms with Crippen molar-refractivity contribution in [2.24, 2.45) is 0 Å². The van der Waals surface area contributed by atoms with Crippen LogP contribution in [-0.2, 0) is 0 Å². The van der Waals surface area contributed by atoms with Crippen molar-refractivity contribution in [1.29, 1.82) is 0 Å². The number of pyridine rings is 2. The van der Waals surface area contributed by atoms with E-state index in [1.165, 1.54) is 0 Å². The predicted molar refractivity (Wildman–Crippen MR) is 131 cm³/mol. The molecular weight excluding hydrogens is 412 g/mol. The third-order valence-electron chi connectivity index (χ3n) is 5.87. The molecule has 0 radical (unpaired) electrons. The summed E-state index contributed by atoms with van der Waals surface area (Å²) in [6.45, 7) is 1.99. The van der Waals surface area contributed by atoms with E-state index in [1.807, 2.05) is 67.7 Å². The van der Waals surface area contributed by atoms with Gasteiger partial charge in [-0.05, 0) is 37.3 Å². The molecule has 8 nitrogen and oxygen atoms in total. The maximum absolute atomic E-state index is 4.63. The zero-order valence-corrected chi connectivity index (χ0v) is 18.5. The Balaban J connectivity index is 1.48. The molecule has 0 unspecified atom stereocenters. The highest BCUT2D eigenvalue weighted by atomic mass is 15.1. The minimum absolute atomic E-state index is 0.854. The molecule has 5 aromatic heterocycles. The molecule has 0 spiro atoms. The number of benzene rings is 1. The number of aromatic nitrogens is 7. The Morgan fingerprint density at radius 1 is 0.939 bits per heavy atom. The van der Waals surface area contributed by atoms with Crippen molar-refractivity contribution in [3.63, 3.8) is 0 Å². The standard InChI is InChI=1S/C25H22N8/c1-15-13-33(14-28-15)24-6-4-5-20-18(24)8-22(29-20)25-19-9-21(27-12-23(19)30-31-25)16-7-17(32(2)3)11-26-10-16/h4-14,29H,1-3H3,(H,30,31). The summed E-state index contributed by atoms with van der Waals surface area (Å²) in [4.78, 5) is 19.0. The predicted octanol–water partition coefficient (Wildman–Crippen LogP) is 4.73. The van der Waals surface area contributed by atoms with Crippen LogP contribution in [0.1, 0.15) is 5.69 Å². The second kappa shape index (κ2) is 7.30. The van der Waals surface area contributed by atoms with Crippen LogP contribution in [0.5, 0.6) is 0 Å². The number of imidazole rings is 1. The third-order valence-corrected chi connectivity index (χ3v) is 5.87. The van der Waals surface area contributed by atoms with E-state index in [1.54, 1.807) is 0 Å². The average Bonchev–Trinajstić information content (AvgIpc) is 3.55. The molecule has 33 heavy (non-hydrogen) atoms. The Hall–Kier alpha value is -4.46. The van der Waals surface area contributed by atoms with Crippen molar-refractivity contribution < 1.29 is 0 Å². The van der Waals surface area contributed by atoms with Crippen LogP contribution in [0, 0.1) is 6.92 Å². The van der Waals surface area contributed by atoms with Crippen LogP contribution in [0.25, 0.3) is 50.1 Å². The maximum atomic E-state index is 4.63. The van der Waals surface area contributed by atoms with E-state index in [0.29, 0.717) is 0 Å². The largest absolute Gasteiger partial charge is 0.376 e. The summed E-state index contributed by atoms with van der Waals surface area (Å²) in [5.41, 5.74) is 8.62. The highest BCUT2D eigenvalue weighted by molar-refractivity contribution is 5.98. The zero-order chi connectivity index (χ0) is 22.5. The van der Waals surface area contributed by atoms with E-state index >= 15 is 0 Å². The maximum Gasteiger partial charge on any atom is 0.116 e. The van der Waals surface area contributed by atoms with Crippen molar-refractivity contribution in [2.75, 3.05) is 19.0 Å². The van der Waals surface area contributed by atoms with Crippen molar-refractivity contribution in [3.05, 3.63) is 73.2 Å². The normalized spacial score (nSPS) is 11.5. The average molecular weight is 435 g/mol. The Morgan fingerprint density at radius 3 is 2.67 bits per heavy atom. The second-order valence-corrected chi connectivity index (χ2v) is 8.36. The number of hydrogen-bond donors (Lipinski definition) is 2. The number of hydrogen-bond acceptors (Lipinski definition) is 5. The van der Waals surface area contributed by atoms with Crippen LogP contribution < -0.4 is 4.90 Å². The molecule has 0 bridgehead atoms. The van der Waals surface area contributed by atoms with E-state index in [-0.39, 0.29) is 0 Å². The topological polar surface area (TPSA) is 91.3 Å². The van der Waals surface area contributed by atoms with Crippen molar-refractivity contribution in [1.82, 2.24) is 34.7 Å². The van der Waals surface area contributed by atoms with Crippen molar-refractivity contribution >= 4 is 27.5 Å². The van der Waals surface area contributed by atoms with Gasteiger partial charge in [0.05, 0.1) is 52.7 Å². The molecule has 0 aliphatic carbocycles. The van der Waals surface area contributed by atoms with Crippen LogP contribution in [0.15, 0.2) is 67.5 Å². The van der Waals surface area contributed by atoms with Gasteiger partial charge in [-0.2, -0.15) is 5.10 Å². The molecule has 5 heterocycles. The van der Waals surface area contributed by atoms with E-state index in [4.69, 9.17) is 0 Å². The molecule has 0 saturated carbocycles. The van der Waals surface area contributed by atoms with Gasteiger partial charge in [0, 0.05) is 48.3 Å². The van der Waals surface area contributed by atoms with Gasteiger partial charge in [-0.3, -0.25) is 15.1 Å². The molecule has 0 saturated heterocycles. The SMILES string of the molecule is Cc1cn(-c2cccc3[nH]c(-c4n[nH]c5cnc(-c6cncc(N(C)C)c6)cc45)cc23)cn1. The molecule has 0 atom stereocenters. The number of aryl methyl sites for hydroxylation is 1. The van der Waals surface area contributed by atoms with Crippen LogP contribution in [-0.4, -0.2) is 48.8 Å². The summed E-state index contributed by atoms with van der Waals surface area (Å²) in [5, 5.41) is 9.84. The molecule has 6 aromatic rings. The Bertz CT molecular complexity index is 1620. The molecule has 2 N–H and O–H groups in total. The minimum Gasteiger partial charge on any atom is -0.376 e. The lowest BCUT2D eigenvalue weighted by atomic mass is 10.1. The fourth-order valence-corrected chi connectivity index (χ4v) is 4.14. The quantitative estimate of drug-likeness (QED) is 0.419. The van der Waals surface area contributed by atoms with Crippen LogP contribution in [0.2, 0.25) is 0 Å². The Kier molecular flexibility index (Phi) is 4.26. The van der Waals surface area contributed by atoms with Gasteiger partial charge in [0.15, 0.2) is 0 Å². The van der Waals surface area contributed by atoms with E-state index in [0.717, 1.165) is 61.5 Å². The van der Waals surface area contributed by atoms with Gasteiger partial charge < -0.3 is 14.5 Å². The summed E-state index contributed by atoms with van der Waals surface area (Å²) < 4.78 is 2.05. The van der Waals surface area contributed by atoms with Crippen molar-refractivity contribution in [2.45, 2.75) is 6.92 Å². The van der Waals surface area contributed by atoms with Crippen LogP contribution >= 0.6 is 0 Å². The summed E-state index contributed by atoms with van der Waals surface area (Å²) in [6.07, 6.45) is 9.37. The van der Waals surface area contributed by atoms with E-state index in [2.05, 4.69) is 60.5 Å². The molecule has 6 rings (SSSR count). The minimum atomic E-state index is 0.854. The fourth-order valence-electron chi connectivity index (χ4n) is 4.14. The van der Waals surface area contributed by atoms with Gasteiger partial charge in [-0.25, -0.2) is 4.98 Å². The van der Waals surface area contributed by atoms with E-state index in [9.17, 15) is 0 Å². The number of nitrogens with one attached hydrogen (secondary N) is 2. The van der Waals surface area contributed by atoms with Gasteiger partial charge in [-0.1, -0.05) is 6.07 Å². The monoisotopic (exact) mass is 434 g/mol. The lowest BCUT2D eigenvalue weighted by Gasteiger charge is -2.12. The summed E-state index contributed by atoms with van der Waals surface area (Å²) >= 11 is 0. The third kappa shape index (κ3) is 3.23. The summed E-state index contributed by atoms with van der Waals surface area (Å²) in [7, 11) is 4.00. The highest BCUT2D eigenvalue weighted by Gasteiger charge is 2.15. The van der Waals surface area contributed by atoms with Crippen LogP contribution in [0.3, 0.4) is 0 Å². The number of H-pyrrole nitrogens is 2. The molecule has 0 aliphatic heterocycles. The molecular formula is C25H22N8. The Morgan fingerprint density at radius 2 is 1.85 bits per heavy atom. The molecule has 0 fully saturated rings.